The number of phenolic OH excluding ortho intramolecular Hbond substituents is 6. The number of hydrogen-bond acceptors (Lipinski definition) is 42. The molecule has 6 aromatic rings. The molecule has 0 unspecified atom stereocenters. The fourth-order valence-electron chi connectivity index (χ4n) is 11.7. The lowest BCUT2D eigenvalue weighted by Crippen LogP contribution is -2.33. The van der Waals surface area contributed by atoms with Gasteiger partial charge in [-0.05, 0) is 100 Å². The Morgan fingerprint density at radius 3 is 0.638 bits per heavy atom. The van der Waals surface area contributed by atoms with Crippen LogP contribution in [-0.2, 0) is 85.6 Å². The molecule has 41 nitrogen and oxygen atoms in total. The van der Waals surface area contributed by atoms with Gasteiger partial charge in [-0.3, -0.25) is 34.7 Å². The molecule has 0 amide bonds. The standard InChI is InChI=1S/C18H25NO7S.C18H25NO6S.C16H21NO6S.C15H19NO6S.C14H17NO5S.C13H15NO5S/c1-18(17(21)22)12-27-16(19-18)14-4-3-13(11-15(14)20)26-10-9-25-8-7-24-6-5-23-2;1-13(20)16-12-26-18(19-16)15-4-3-14(11-17(15)21)25-10-9-24-8-7-23-6-5-22-2;1-16(15(19)20)10-24-14(17-16)12-4-3-11(9-13(12)18)23-8-7-22-6-5-21-2;1-20-4-5-21-6-7-22-10-2-3-11(13(17)8-10)14-16-12(9-23-14)15(18)19;1-14(13(17)18)8-21-12(15-14)10-4-3-9(7-11(10)16)20-6-5-19-2;1-18-4-5-19-8-2-3-9(11(15)6-8)12-14-10(7-20-12)13(16)17/h3-4,11,20H,5-10,12H2,1-2H3,(H,21,22);3-4,11,16,21H,5-10,12H2,1-2H3;3-4,9,18H,5-8,10H2,1-2H3,(H,19,20);2-3,8,12,17H,4-7,9H2,1H3,(H,18,19);3-4,7,16H,5-6,8H2,1-2H3,(H,17,18);2-3,6,10,15H,4-5,7H2,1H3,(H,16,17)/t18-;2*16-;12-;14-;10-/m111111/s1. The van der Waals surface area contributed by atoms with E-state index < -0.39 is 58.5 Å². The smallest absolute Gasteiger partial charge is 0.332 e. The van der Waals surface area contributed by atoms with Crippen LogP contribution in [-0.4, -0.2) is 393 Å². The van der Waals surface area contributed by atoms with E-state index in [1.807, 2.05) is 0 Å². The number of methoxy groups -OCH3 is 6. The number of rotatable bonds is 54. The van der Waals surface area contributed by atoms with Gasteiger partial charge in [-0.15, -0.1) is 70.6 Å². The molecule has 6 heterocycles. The summed E-state index contributed by atoms with van der Waals surface area (Å²) in [5, 5.41) is 109. The van der Waals surface area contributed by atoms with Gasteiger partial charge >= 0.3 is 29.8 Å². The minimum absolute atomic E-state index is 0.000787. The first-order valence-electron chi connectivity index (χ1n) is 43.9. The number of carbonyl (C=O) groups is 6. The van der Waals surface area contributed by atoms with Crippen LogP contribution in [0.15, 0.2) is 139 Å². The van der Waals surface area contributed by atoms with Crippen LogP contribution in [0, 0.1) is 0 Å². The van der Waals surface area contributed by atoms with Crippen LogP contribution in [0.3, 0.4) is 0 Å². The Labute approximate surface area is 841 Å². The van der Waals surface area contributed by atoms with E-state index in [2.05, 4.69) is 30.0 Å². The van der Waals surface area contributed by atoms with Gasteiger partial charge in [0.2, 0.25) is 0 Å². The molecule has 6 aromatic carbocycles. The number of hydrogen-bond donors (Lipinski definition) is 11. The summed E-state index contributed by atoms with van der Waals surface area (Å²) >= 11 is 8.06. The van der Waals surface area contributed by atoms with Gasteiger partial charge < -0.3 is 141 Å². The van der Waals surface area contributed by atoms with Crippen LogP contribution in [0.5, 0.6) is 69.0 Å². The van der Waals surface area contributed by atoms with Crippen molar-refractivity contribution in [3.63, 3.8) is 0 Å². The molecule has 0 radical (unpaired) electrons. The first-order valence-corrected chi connectivity index (χ1v) is 49.8. The Balaban J connectivity index is 0.000000230. The number of ether oxygens (including phenoxy) is 18. The van der Waals surface area contributed by atoms with E-state index in [1.54, 1.807) is 142 Å². The Kier molecular flexibility index (Phi) is 52.4. The van der Waals surface area contributed by atoms with Crippen LogP contribution < -0.4 is 28.4 Å². The Hall–Kier alpha value is -10.4. The van der Waals surface area contributed by atoms with E-state index in [0.717, 1.165) is 0 Å². The van der Waals surface area contributed by atoms with Crippen molar-refractivity contribution in [1.82, 2.24) is 0 Å². The van der Waals surface area contributed by atoms with E-state index in [0.29, 0.717) is 291 Å². The lowest BCUT2D eigenvalue weighted by atomic mass is 10.1. The number of carboxylic acid groups (broad SMARTS) is 5. The maximum absolute atomic E-state index is 11.4. The zero-order valence-corrected chi connectivity index (χ0v) is 84.6. The number of carboxylic acids is 5. The molecule has 0 aliphatic carbocycles. The minimum atomic E-state index is -1.16. The van der Waals surface area contributed by atoms with Crippen LogP contribution in [0.1, 0.15) is 61.1 Å². The summed E-state index contributed by atoms with van der Waals surface area (Å²) < 4.78 is 94.0. The second-order valence-electron chi connectivity index (χ2n) is 30.7. The highest BCUT2D eigenvalue weighted by Gasteiger charge is 2.42. The molecule has 47 heteroatoms. The lowest BCUT2D eigenvalue weighted by Gasteiger charge is -2.12. The Bertz CT molecular complexity index is 5210. The molecule has 0 spiro atoms. The van der Waals surface area contributed by atoms with E-state index in [9.17, 15) is 69.6 Å². The number of thioether (sulfide) groups is 6. The number of ketones is 1. The van der Waals surface area contributed by atoms with Gasteiger partial charge in [-0.1, -0.05) is 0 Å². The number of nitrogens with zero attached hydrogens (tertiary/aromatic N) is 6. The fraction of sp³-hybridized carbons (Fsp3) is 0.489. The molecule has 11 N–H and O–H groups in total. The van der Waals surface area contributed by atoms with E-state index in [4.69, 9.17) is 101 Å². The third kappa shape index (κ3) is 40.0. The number of aliphatic imine (C=N–C) groups is 6. The van der Waals surface area contributed by atoms with Gasteiger partial charge in [-0.25, -0.2) is 24.0 Å². The minimum Gasteiger partial charge on any atom is -0.507 e. The van der Waals surface area contributed by atoms with Crippen molar-refractivity contribution in [2.45, 2.75) is 62.4 Å². The van der Waals surface area contributed by atoms with Crippen LogP contribution in [0.4, 0.5) is 0 Å². The Morgan fingerprint density at radius 1 is 0.277 bits per heavy atom. The van der Waals surface area contributed by atoms with Gasteiger partial charge in [0.15, 0.2) is 34.5 Å². The SMILES string of the molecule is COCCOCCOCCOc1ccc(C2=N[C@@H](C(C)=O)CS2)c(O)c1.COCCOCCOCCOc1ccc(C2=N[C@@](C)(C(=O)O)CS2)c(O)c1.COCCOCCOc1ccc(C2=N[C@@H](C(=O)O)CS2)c(O)c1.COCCOCCOc1ccc(C2=N[C@@](C)(C(=O)O)CS2)c(O)c1.COCCOc1ccc(C2=N[C@@H](C(=O)O)CS2)c(O)c1.COCCOc1ccc(C2=N[C@@](C)(C(=O)O)CS2)c(O)c1. The molecule has 0 bridgehead atoms. The predicted molar refractivity (Wildman–Crippen MR) is 537 cm³/mol. The molecule has 6 aliphatic rings. The molecule has 774 valence electrons. The van der Waals surface area contributed by atoms with Crippen molar-refractivity contribution >= 4 is 136 Å². The number of aliphatic carboxylic acids is 5. The van der Waals surface area contributed by atoms with Crippen molar-refractivity contribution in [3.8, 4) is 69.0 Å². The molecular weight excluding hydrogens is 1970 g/mol. The monoisotopic (exact) mass is 2090 g/mol. The van der Waals surface area contributed by atoms with Gasteiger partial charge in [0.1, 0.15) is 145 Å². The number of benzene rings is 6. The first kappa shape index (κ1) is 118. The van der Waals surface area contributed by atoms with Gasteiger partial charge in [0.25, 0.3) is 0 Å². The molecule has 6 atom stereocenters. The third-order valence-corrected chi connectivity index (χ3v) is 26.8. The van der Waals surface area contributed by atoms with E-state index >= 15 is 0 Å². The first-order chi connectivity index (χ1) is 67.7. The molecule has 0 fully saturated rings. The molecule has 0 saturated carbocycles. The normalized spacial score (nSPS) is 18.6. The maximum atomic E-state index is 11.4. The number of carbonyl (C=O) groups excluding carboxylic acids is 1. The summed E-state index contributed by atoms with van der Waals surface area (Å²) in [5.74, 6) is 0.904. The summed E-state index contributed by atoms with van der Waals surface area (Å²) in [6, 6.07) is 27.6. The van der Waals surface area contributed by atoms with E-state index in [1.165, 1.54) is 108 Å². The number of phenols is 6. The van der Waals surface area contributed by atoms with Crippen molar-refractivity contribution in [2.24, 2.45) is 30.0 Å². The zero-order valence-electron chi connectivity index (χ0n) is 79.7. The summed E-state index contributed by atoms with van der Waals surface area (Å²) in [4.78, 5) is 92.1. The predicted octanol–water partition coefficient (Wildman–Crippen LogP) is 9.96. The fourth-order valence-corrected chi connectivity index (χ4v) is 18.6. The topological polar surface area (TPSA) is 565 Å². The number of aromatic hydroxyl groups is 6. The highest BCUT2D eigenvalue weighted by atomic mass is 32.2. The van der Waals surface area contributed by atoms with Crippen molar-refractivity contribution in [2.75, 3.05) is 236 Å². The zero-order chi connectivity index (χ0) is 103. The van der Waals surface area contributed by atoms with Gasteiger partial charge in [0.05, 0.1) is 119 Å². The summed E-state index contributed by atoms with van der Waals surface area (Å²) in [6.45, 7) is 17.3. The maximum Gasteiger partial charge on any atom is 0.332 e. The van der Waals surface area contributed by atoms with E-state index in [-0.39, 0.29) is 46.3 Å². The second kappa shape index (κ2) is 62.9. The Morgan fingerprint density at radius 2 is 0.461 bits per heavy atom. The largest absolute Gasteiger partial charge is 0.507 e. The highest BCUT2D eigenvalue weighted by molar-refractivity contribution is 8.16. The summed E-state index contributed by atoms with van der Waals surface area (Å²) in [6.07, 6.45) is 0. The van der Waals surface area contributed by atoms with Crippen molar-refractivity contribution < 1.29 is 170 Å². The average Bonchev–Trinajstić information content (AvgIpc) is 1.66. The van der Waals surface area contributed by atoms with Crippen LogP contribution in [0.25, 0.3) is 0 Å². The molecular formula is C94H122N6O35S6. The molecule has 6 aliphatic heterocycles. The molecule has 12 rings (SSSR count). The second-order valence-corrected chi connectivity index (χ2v) is 36.6. The van der Waals surface area contributed by atoms with Crippen LogP contribution in [0.2, 0.25) is 0 Å². The van der Waals surface area contributed by atoms with Crippen molar-refractivity contribution in [1.29, 1.82) is 0 Å². The average molecular weight is 2090 g/mol. The molecule has 0 aromatic heterocycles. The quantitative estimate of drug-likeness (QED) is 0.0158. The van der Waals surface area contributed by atoms with Crippen molar-refractivity contribution in [3.05, 3.63) is 143 Å². The van der Waals surface area contributed by atoms with Crippen LogP contribution >= 0.6 is 70.6 Å². The third-order valence-electron chi connectivity index (χ3n) is 19.7. The highest BCUT2D eigenvalue weighted by Crippen LogP contribution is 2.41. The molecule has 0 saturated heterocycles. The molecule has 141 heavy (non-hydrogen) atoms. The number of Topliss-reactive ketones (excluding diaryl/α,β-unsaturated/α-hetero) is 1. The van der Waals surface area contributed by atoms with Gasteiger partial charge in [0, 0.05) is 147 Å². The lowest BCUT2D eigenvalue weighted by molar-refractivity contribution is -0.142. The summed E-state index contributed by atoms with van der Waals surface area (Å²) in [7, 11) is 9.63. The summed E-state index contributed by atoms with van der Waals surface area (Å²) in [5.41, 5.74) is -0.261. The van der Waals surface area contributed by atoms with Gasteiger partial charge in [-0.2, -0.15) is 0 Å².